The third-order valence-corrected chi connectivity index (χ3v) is 3.35. The molecule has 0 radical (unpaired) electrons. The van der Waals surface area contributed by atoms with E-state index >= 15 is 0 Å². The van der Waals surface area contributed by atoms with E-state index in [0.717, 1.165) is 11.3 Å². The first-order valence-corrected chi connectivity index (χ1v) is 7.55. The SMILES string of the molecule is NS(=O)(=O)CCNc1ccc(Cn2cccn2)cc1. The monoisotopic (exact) mass is 280 g/mol. The minimum absolute atomic E-state index is 0.0813. The third kappa shape index (κ3) is 4.72. The van der Waals surface area contributed by atoms with E-state index in [0.29, 0.717) is 13.1 Å². The van der Waals surface area contributed by atoms with Gasteiger partial charge in [0.25, 0.3) is 0 Å². The molecular weight excluding hydrogens is 264 g/mol. The number of benzene rings is 1. The maximum Gasteiger partial charge on any atom is 0.210 e. The van der Waals surface area contributed by atoms with Crippen LogP contribution in [0.15, 0.2) is 42.7 Å². The zero-order valence-electron chi connectivity index (χ0n) is 10.4. The fourth-order valence-corrected chi connectivity index (χ4v) is 2.03. The smallest absolute Gasteiger partial charge is 0.210 e. The molecule has 0 saturated heterocycles. The Bertz CT molecular complexity index is 606. The highest BCUT2D eigenvalue weighted by molar-refractivity contribution is 7.89. The molecule has 2 rings (SSSR count). The second-order valence-corrected chi connectivity index (χ2v) is 5.93. The molecule has 1 aromatic heterocycles. The number of primary sulfonamides is 1. The van der Waals surface area contributed by atoms with E-state index in [9.17, 15) is 8.42 Å². The van der Waals surface area contributed by atoms with Crippen LogP contribution in [0.1, 0.15) is 5.56 Å². The van der Waals surface area contributed by atoms with Gasteiger partial charge in [-0.1, -0.05) is 12.1 Å². The number of aromatic nitrogens is 2. The topological polar surface area (TPSA) is 90.0 Å². The number of hydrogen-bond donors (Lipinski definition) is 2. The van der Waals surface area contributed by atoms with Crippen molar-refractivity contribution in [2.75, 3.05) is 17.6 Å². The minimum atomic E-state index is -3.41. The van der Waals surface area contributed by atoms with Crippen LogP contribution in [-0.4, -0.2) is 30.5 Å². The molecule has 0 fully saturated rings. The molecule has 0 aliphatic heterocycles. The largest absolute Gasteiger partial charge is 0.384 e. The van der Waals surface area contributed by atoms with Gasteiger partial charge in [-0.2, -0.15) is 5.10 Å². The fourth-order valence-electron chi connectivity index (χ4n) is 1.65. The lowest BCUT2D eigenvalue weighted by atomic mass is 10.2. The van der Waals surface area contributed by atoms with E-state index in [4.69, 9.17) is 5.14 Å². The zero-order chi connectivity index (χ0) is 13.7. The molecule has 0 bridgehead atoms. The molecule has 0 aliphatic carbocycles. The first kappa shape index (κ1) is 13.6. The van der Waals surface area contributed by atoms with Crippen molar-refractivity contribution in [3.05, 3.63) is 48.3 Å². The molecule has 0 amide bonds. The summed E-state index contributed by atoms with van der Waals surface area (Å²) in [6.07, 6.45) is 3.64. The number of sulfonamides is 1. The second kappa shape index (κ2) is 5.85. The second-order valence-electron chi connectivity index (χ2n) is 4.19. The average molecular weight is 280 g/mol. The van der Waals surface area contributed by atoms with Crippen molar-refractivity contribution in [2.24, 2.45) is 5.14 Å². The molecule has 3 N–H and O–H groups in total. The summed E-state index contributed by atoms with van der Waals surface area (Å²) in [5, 5.41) is 12.1. The molecule has 0 atom stereocenters. The van der Waals surface area contributed by atoms with Gasteiger partial charge in [0.05, 0.1) is 12.3 Å². The summed E-state index contributed by atoms with van der Waals surface area (Å²) in [4.78, 5) is 0. The van der Waals surface area contributed by atoms with Crippen molar-refractivity contribution < 1.29 is 8.42 Å². The Kier molecular flexibility index (Phi) is 4.18. The van der Waals surface area contributed by atoms with Crippen LogP contribution in [0, 0.1) is 0 Å². The molecule has 6 nitrogen and oxygen atoms in total. The highest BCUT2D eigenvalue weighted by Gasteiger charge is 2.01. The maximum atomic E-state index is 10.8. The molecule has 0 unspecified atom stereocenters. The van der Waals surface area contributed by atoms with Gasteiger partial charge in [0.2, 0.25) is 10.0 Å². The Morgan fingerprint density at radius 3 is 2.58 bits per heavy atom. The Balaban J connectivity index is 1.88. The minimum Gasteiger partial charge on any atom is -0.384 e. The molecule has 1 heterocycles. The third-order valence-electron chi connectivity index (χ3n) is 2.57. The summed E-state index contributed by atoms with van der Waals surface area (Å²) in [5.41, 5.74) is 1.99. The molecule has 1 aromatic carbocycles. The molecule has 2 aromatic rings. The van der Waals surface area contributed by atoms with Gasteiger partial charge in [0.1, 0.15) is 0 Å². The van der Waals surface area contributed by atoms with Crippen LogP contribution in [0.5, 0.6) is 0 Å². The predicted molar refractivity (Wildman–Crippen MR) is 74.2 cm³/mol. The van der Waals surface area contributed by atoms with Crippen molar-refractivity contribution in [2.45, 2.75) is 6.54 Å². The number of nitrogens with two attached hydrogens (primary N) is 1. The van der Waals surface area contributed by atoms with Gasteiger partial charge in [-0.15, -0.1) is 0 Å². The molecule has 0 spiro atoms. The van der Waals surface area contributed by atoms with E-state index in [1.165, 1.54) is 0 Å². The summed E-state index contributed by atoms with van der Waals surface area (Å²) in [6, 6.07) is 9.63. The molecule has 0 saturated carbocycles. The number of hydrogen-bond acceptors (Lipinski definition) is 4. The van der Waals surface area contributed by atoms with Gasteiger partial charge in [-0.05, 0) is 23.8 Å². The highest BCUT2D eigenvalue weighted by Crippen LogP contribution is 2.10. The van der Waals surface area contributed by atoms with E-state index in [1.54, 1.807) is 6.20 Å². The summed E-state index contributed by atoms with van der Waals surface area (Å²) in [7, 11) is -3.41. The lowest BCUT2D eigenvalue weighted by Crippen LogP contribution is -2.22. The summed E-state index contributed by atoms with van der Waals surface area (Å²) < 4.78 is 23.4. The van der Waals surface area contributed by atoms with Gasteiger partial charge in [0, 0.05) is 24.6 Å². The molecule has 0 aliphatic rings. The van der Waals surface area contributed by atoms with Gasteiger partial charge in [-0.25, -0.2) is 13.6 Å². The Labute approximate surface area is 112 Å². The van der Waals surface area contributed by atoms with Crippen LogP contribution in [0.25, 0.3) is 0 Å². The van der Waals surface area contributed by atoms with E-state index in [1.807, 2.05) is 41.2 Å². The maximum absolute atomic E-state index is 10.8. The van der Waals surface area contributed by atoms with E-state index in [2.05, 4.69) is 10.4 Å². The summed E-state index contributed by atoms with van der Waals surface area (Å²) >= 11 is 0. The van der Waals surface area contributed by atoms with Crippen molar-refractivity contribution in [1.29, 1.82) is 0 Å². The first-order valence-electron chi connectivity index (χ1n) is 5.84. The summed E-state index contributed by atoms with van der Waals surface area (Å²) in [5.74, 6) is -0.0813. The Morgan fingerprint density at radius 2 is 2.00 bits per heavy atom. The summed E-state index contributed by atoms with van der Waals surface area (Å²) in [6.45, 7) is 1.02. The fraction of sp³-hybridized carbons (Fsp3) is 0.250. The average Bonchev–Trinajstić information content (AvgIpc) is 2.83. The van der Waals surface area contributed by atoms with Crippen molar-refractivity contribution in [3.63, 3.8) is 0 Å². The standard InChI is InChI=1S/C12H16N4O2S/c13-19(17,18)9-7-14-12-4-2-11(3-5-12)10-16-8-1-6-15-16/h1-6,8,14H,7,9-10H2,(H2,13,17,18). The Hall–Kier alpha value is -1.86. The molecule has 19 heavy (non-hydrogen) atoms. The predicted octanol–water partition coefficient (Wildman–Crippen LogP) is 0.632. The Morgan fingerprint density at radius 1 is 1.26 bits per heavy atom. The van der Waals surface area contributed by atoms with Gasteiger partial charge < -0.3 is 5.32 Å². The van der Waals surface area contributed by atoms with Crippen molar-refractivity contribution in [3.8, 4) is 0 Å². The van der Waals surface area contributed by atoms with Crippen molar-refractivity contribution in [1.82, 2.24) is 9.78 Å². The number of nitrogens with zero attached hydrogens (tertiary/aromatic N) is 2. The molecule has 7 heteroatoms. The van der Waals surface area contributed by atoms with Crippen LogP contribution in [0.3, 0.4) is 0 Å². The number of nitrogens with one attached hydrogen (secondary N) is 1. The molecular formula is C12H16N4O2S. The van der Waals surface area contributed by atoms with Gasteiger partial charge in [0.15, 0.2) is 0 Å². The van der Waals surface area contributed by atoms with Gasteiger partial charge >= 0.3 is 0 Å². The van der Waals surface area contributed by atoms with Gasteiger partial charge in [-0.3, -0.25) is 4.68 Å². The van der Waals surface area contributed by atoms with E-state index < -0.39 is 10.0 Å². The van der Waals surface area contributed by atoms with Crippen LogP contribution in [0.2, 0.25) is 0 Å². The van der Waals surface area contributed by atoms with Crippen LogP contribution in [-0.2, 0) is 16.6 Å². The lowest BCUT2D eigenvalue weighted by molar-refractivity contribution is 0.598. The lowest BCUT2D eigenvalue weighted by Gasteiger charge is -2.07. The van der Waals surface area contributed by atoms with E-state index in [-0.39, 0.29) is 5.75 Å². The van der Waals surface area contributed by atoms with Crippen LogP contribution < -0.4 is 10.5 Å². The van der Waals surface area contributed by atoms with Crippen LogP contribution in [0.4, 0.5) is 5.69 Å². The van der Waals surface area contributed by atoms with Crippen LogP contribution >= 0.6 is 0 Å². The van der Waals surface area contributed by atoms with Crippen molar-refractivity contribution >= 4 is 15.7 Å². The highest BCUT2D eigenvalue weighted by atomic mass is 32.2. The molecule has 102 valence electrons. The quantitative estimate of drug-likeness (QED) is 0.812. The number of rotatable bonds is 6. The normalized spacial score (nSPS) is 11.4. The first-order chi connectivity index (χ1) is 9.03. The zero-order valence-corrected chi connectivity index (χ0v) is 11.2. The number of anilines is 1.